The van der Waals surface area contributed by atoms with Gasteiger partial charge in [0, 0.05) is 17.7 Å². The number of anilines is 1. The predicted octanol–water partition coefficient (Wildman–Crippen LogP) is 5.28. The smallest absolute Gasteiger partial charge is 0.262 e. The van der Waals surface area contributed by atoms with Crippen LogP contribution in [-0.4, -0.2) is 18.2 Å². The van der Waals surface area contributed by atoms with Crippen LogP contribution in [0.3, 0.4) is 0 Å². The maximum atomic E-state index is 12.8. The third kappa shape index (κ3) is 4.22. The van der Waals surface area contributed by atoms with Crippen molar-refractivity contribution in [2.24, 2.45) is 7.05 Å². The average molecular weight is 438 g/mol. The molecule has 154 valence electrons. The van der Waals surface area contributed by atoms with Crippen LogP contribution in [0, 0.1) is 13.8 Å². The van der Waals surface area contributed by atoms with Crippen molar-refractivity contribution in [3.8, 4) is 0 Å². The Hall–Kier alpha value is -2.77. The number of thioether (sulfide) groups is 1. The first kappa shape index (κ1) is 20.5. The molecule has 7 heteroatoms. The van der Waals surface area contributed by atoms with Gasteiger partial charge >= 0.3 is 0 Å². The van der Waals surface area contributed by atoms with E-state index in [1.165, 1.54) is 15.7 Å². The van der Waals surface area contributed by atoms with Gasteiger partial charge in [0.15, 0.2) is 0 Å². The topological polar surface area (TPSA) is 64.0 Å². The number of hydrogen-bond donors (Lipinski definition) is 1. The normalized spacial score (nSPS) is 11.7. The van der Waals surface area contributed by atoms with Crippen molar-refractivity contribution in [1.82, 2.24) is 9.78 Å². The number of sulfonamides is 1. The van der Waals surface area contributed by atoms with Gasteiger partial charge in [0.1, 0.15) is 0 Å². The number of hydrogen-bond acceptors (Lipinski definition) is 4. The Balaban J connectivity index is 1.46. The summed E-state index contributed by atoms with van der Waals surface area (Å²) in [7, 11) is -1.87. The third-order valence-corrected chi connectivity index (χ3v) is 7.54. The summed E-state index contributed by atoms with van der Waals surface area (Å²) in [6, 6.07) is 21.8. The maximum absolute atomic E-state index is 12.8. The molecule has 0 unspecified atom stereocenters. The zero-order valence-electron chi connectivity index (χ0n) is 17.1. The van der Waals surface area contributed by atoms with Crippen LogP contribution >= 0.6 is 11.8 Å². The fourth-order valence-electron chi connectivity index (χ4n) is 3.30. The van der Waals surface area contributed by atoms with Crippen molar-refractivity contribution in [3.63, 3.8) is 0 Å². The first-order valence-corrected chi connectivity index (χ1v) is 12.0. The van der Waals surface area contributed by atoms with Gasteiger partial charge in [-0.05, 0) is 54.4 Å². The SMILES string of the molecule is Cc1nn(C)c(C)c1NS(=O)(=O)c1ccc(CSc2ccc3ccccc3c2)cc1. The molecular formula is C23H23N3O2S2. The Morgan fingerprint density at radius 2 is 1.67 bits per heavy atom. The van der Waals surface area contributed by atoms with Crippen LogP contribution in [0.4, 0.5) is 5.69 Å². The van der Waals surface area contributed by atoms with E-state index in [1.54, 1.807) is 42.5 Å². The standard InChI is InChI=1S/C23H23N3O2S2/c1-16-23(17(2)26(3)24-16)25-30(27,28)22-12-8-18(9-13-22)15-29-21-11-10-19-6-4-5-7-20(19)14-21/h4-14,25H,15H2,1-3H3. The summed E-state index contributed by atoms with van der Waals surface area (Å²) in [4.78, 5) is 1.43. The molecule has 0 aliphatic carbocycles. The largest absolute Gasteiger partial charge is 0.276 e. The third-order valence-electron chi connectivity index (χ3n) is 5.11. The maximum Gasteiger partial charge on any atom is 0.262 e. The van der Waals surface area contributed by atoms with E-state index in [1.807, 2.05) is 31.2 Å². The lowest BCUT2D eigenvalue weighted by molar-refractivity contribution is 0.601. The number of fused-ring (bicyclic) bond motifs is 1. The number of aryl methyl sites for hydroxylation is 2. The molecule has 1 aromatic heterocycles. The van der Waals surface area contributed by atoms with E-state index in [0.29, 0.717) is 11.4 Å². The second-order valence-corrected chi connectivity index (χ2v) is 9.95. The molecule has 0 bridgehead atoms. The molecule has 0 amide bonds. The minimum Gasteiger partial charge on any atom is -0.276 e. The number of nitrogens with zero attached hydrogens (tertiary/aromatic N) is 2. The summed E-state index contributed by atoms with van der Waals surface area (Å²) in [5.41, 5.74) is 3.04. The molecule has 3 aromatic carbocycles. The second-order valence-electron chi connectivity index (χ2n) is 7.22. The summed E-state index contributed by atoms with van der Waals surface area (Å²) in [5.74, 6) is 0.771. The number of benzene rings is 3. The van der Waals surface area contributed by atoms with Gasteiger partial charge in [-0.1, -0.05) is 42.5 Å². The van der Waals surface area contributed by atoms with Crippen LogP contribution < -0.4 is 4.72 Å². The molecule has 0 radical (unpaired) electrons. The van der Waals surface area contributed by atoms with Gasteiger partial charge in [-0.2, -0.15) is 5.10 Å². The van der Waals surface area contributed by atoms with E-state index >= 15 is 0 Å². The van der Waals surface area contributed by atoms with Gasteiger partial charge in [0.25, 0.3) is 10.0 Å². The molecule has 5 nitrogen and oxygen atoms in total. The van der Waals surface area contributed by atoms with Gasteiger partial charge in [-0.25, -0.2) is 8.42 Å². The van der Waals surface area contributed by atoms with Crippen LogP contribution in [0.15, 0.2) is 76.5 Å². The lowest BCUT2D eigenvalue weighted by Gasteiger charge is -2.09. The Kier molecular flexibility index (Phi) is 5.58. The van der Waals surface area contributed by atoms with Gasteiger partial charge in [0.2, 0.25) is 0 Å². The molecule has 1 N–H and O–H groups in total. The highest BCUT2D eigenvalue weighted by atomic mass is 32.2. The molecule has 0 saturated heterocycles. The molecule has 0 fully saturated rings. The second kappa shape index (κ2) is 8.16. The van der Waals surface area contributed by atoms with Crippen LogP contribution in [-0.2, 0) is 22.8 Å². The van der Waals surface area contributed by atoms with Crippen molar-refractivity contribution in [3.05, 3.63) is 83.7 Å². The van der Waals surface area contributed by atoms with E-state index < -0.39 is 10.0 Å². The minimum atomic E-state index is -3.66. The molecular weight excluding hydrogens is 414 g/mol. The highest BCUT2D eigenvalue weighted by Crippen LogP contribution is 2.27. The summed E-state index contributed by atoms with van der Waals surface area (Å²) < 4.78 is 29.9. The highest BCUT2D eigenvalue weighted by Gasteiger charge is 2.19. The number of aromatic nitrogens is 2. The van der Waals surface area contributed by atoms with Crippen LogP contribution in [0.25, 0.3) is 10.8 Å². The van der Waals surface area contributed by atoms with Crippen molar-refractivity contribution in [2.75, 3.05) is 4.72 Å². The lowest BCUT2D eigenvalue weighted by Crippen LogP contribution is -2.14. The zero-order valence-corrected chi connectivity index (χ0v) is 18.7. The van der Waals surface area contributed by atoms with Gasteiger partial charge in [-0.15, -0.1) is 11.8 Å². The Morgan fingerprint density at radius 1 is 0.967 bits per heavy atom. The quantitative estimate of drug-likeness (QED) is 0.417. The monoisotopic (exact) mass is 437 g/mol. The molecule has 0 aliphatic rings. The summed E-state index contributed by atoms with van der Waals surface area (Å²) in [6.07, 6.45) is 0. The van der Waals surface area contributed by atoms with E-state index in [2.05, 4.69) is 40.2 Å². The van der Waals surface area contributed by atoms with Crippen LogP contribution in [0.5, 0.6) is 0 Å². The molecule has 0 saturated carbocycles. The number of rotatable bonds is 6. The fourth-order valence-corrected chi connectivity index (χ4v) is 5.38. The van der Waals surface area contributed by atoms with E-state index in [0.717, 1.165) is 17.0 Å². The van der Waals surface area contributed by atoms with Crippen LogP contribution in [0.2, 0.25) is 0 Å². The lowest BCUT2D eigenvalue weighted by atomic mass is 10.1. The van der Waals surface area contributed by atoms with Gasteiger partial charge < -0.3 is 0 Å². The van der Waals surface area contributed by atoms with Crippen LogP contribution in [0.1, 0.15) is 17.0 Å². The summed E-state index contributed by atoms with van der Waals surface area (Å²) in [5, 5.41) is 6.71. The van der Waals surface area contributed by atoms with Crippen molar-refractivity contribution < 1.29 is 8.42 Å². The number of nitrogens with one attached hydrogen (secondary N) is 1. The fraction of sp³-hybridized carbons (Fsp3) is 0.174. The zero-order chi connectivity index (χ0) is 21.3. The van der Waals surface area contributed by atoms with Crippen molar-refractivity contribution in [2.45, 2.75) is 29.4 Å². The van der Waals surface area contributed by atoms with E-state index in [-0.39, 0.29) is 4.90 Å². The van der Waals surface area contributed by atoms with Gasteiger partial charge in [0.05, 0.1) is 22.0 Å². The molecule has 0 aliphatic heterocycles. The summed E-state index contributed by atoms with van der Waals surface area (Å²) >= 11 is 1.73. The average Bonchev–Trinajstić information content (AvgIpc) is 2.98. The van der Waals surface area contributed by atoms with Gasteiger partial charge in [-0.3, -0.25) is 9.40 Å². The first-order chi connectivity index (χ1) is 14.3. The minimum absolute atomic E-state index is 0.240. The molecule has 30 heavy (non-hydrogen) atoms. The Bertz CT molecular complexity index is 1310. The van der Waals surface area contributed by atoms with E-state index in [9.17, 15) is 8.42 Å². The Labute approximate surface area is 181 Å². The van der Waals surface area contributed by atoms with E-state index in [4.69, 9.17) is 0 Å². The molecule has 4 rings (SSSR count). The molecule has 0 atom stereocenters. The summed E-state index contributed by atoms with van der Waals surface area (Å²) in [6.45, 7) is 3.63. The molecule has 4 aromatic rings. The first-order valence-electron chi connectivity index (χ1n) is 9.57. The Morgan fingerprint density at radius 3 is 2.33 bits per heavy atom. The molecule has 1 heterocycles. The van der Waals surface area contributed by atoms with Crippen molar-refractivity contribution >= 4 is 38.2 Å². The highest BCUT2D eigenvalue weighted by molar-refractivity contribution is 7.98. The molecule has 0 spiro atoms. The predicted molar refractivity (Wildman–Crippen MR) is 123 cm³/mol. The van der Waals surface area contributed by atoms with Crippen molar-refractivity contribution in [1.29, 1.82) is 0 Å².